The molecule has 0 spiro atoms. The van der Waals surface area contributed by atoms with Crippen LogP contribution in [-0.4, -0.2) is 23.2 Å². The molecule has 0 aromatic carbocycles. The molecule has 0 aliphatic carbocycles. The van der Waals surface area contributed by atoms with Crippen molar-refractivity contribution in [2.24, 2.45) is 0 Å². The lowest BCUT2D eigenvalue weighted by Crippen LogP contribution is -2.27. The summed E-state index contributed by atoms with van der Waals surface area (Å²) in [6.07, 6.45) is 0. The third kappa shape index (κ3) is 3.42. The maximum atomic E-state index is 12.0. The minimum Gasteiger partial charge on any atom is -0.372 e. The quantitative estimate of drug-likeness (QED) is 0.910. The Morgan fingerprint density at radius 3 is 2.63 bits per heavy atom. The average molecular weight is 297 g/mol. The van der Waals surface area contributed by atoms with Crippen molar-refractivity contribution in [1.29, 1.82) is 0 Å². The normalized spacial score (nSPS) is 11.9. The first-order chi connectivity index (χ1) is 9.10. The summed E-state index contributed by atoms with van der Waals surface area (Å²) in [7, 11) is 1.74. The zero-order valence-corrected chi connectivity index (χ0v) is 12.0. The fraction of sp³-hybridized carbons (Fsp3) is 0.250. The number of nitrogens with zero attached hydrogens (tertiary/aromatic N) is 2. The Morgan fingerprint density at radius 1 is 1.32 bits per heavy atom. The summed E-state index contributed by atoms with van der Waals surface area (Å²) >= 11 is 7.31. The Balaban J connectivity index is 2.03. The van der Waals surface area contributed by atoms with Crippen molar-refractivity contribution in [1.82, 2.24) is 15.5 Å². The Kier molecular flexibility index (Phi) is 4.34. The number of carbonyl (C=O) groups is 1. The largest absolute Gasteiger partial charge is 0.372 e. The third-order valence-corrected chi connectivity index (χ3v) is 3.94. The van der Waals surface area contributed by atoms with Gasteiger partial charge in [0.1, 0.15) is 5.82 Å². The van der Waals surface area contributed by atoms with Gasteiger partial charge < -0.3 is 10.6 Å². The van der Waals surface area contributed by atoms with Gasteiger partial charge in [0.25, 0.3) is 5.91 Å². The molecule has 0 saturated heterocycles. The smallest absolute Gasteiger partial charge is 0.272 e. The van der Waals surface area contributed by atoms with Crippen molar-refractivity contribution in [3.63, 3.8) is 0 Å². The molecule has 2 aromatic heterocycles. The van der Waals surface area contributed by atoms with Crippen LogP contribution in [0.3, 0.4) is 0 Å². The van der Waals surface area contributed by atoms with Gasteiger partial charge in [-0.3, -0.25) is 4.79 Å². The molecule has 1 amide bonds. The summed E-state index contributed by atoms with van der Waals surface area (Å²) in [5, 5.41) is 13.4. The van der Waals surface area contributed by atoms with Crippen LogP contribution in [0.2, 0.25) is 4.34 Å². The molecule has 2 rings (SSSR count). The van der Waals surface area contributed by atoms with E-state index >= 15 is 0 Å². The number of amides is 1. The second kappa shape index (κ2) is 5.99. The first-order valence-electron chi connectivity index (χ1n) is 5.67. The van der Waals surface area contributed by atoms with Crippen molar-refractivity contribution in [3.8, 4) is 0 Å². The maximum absolute atomic E-state index is 12.0. The molecule has 19 heavy (non-hydrogen) atoms. The Morgan fingerprint density at radius 2 is 2.11 bits per heavy atom. The van der Waals surface area contributed by atoms with Crippen LogP contribution in [0.5, 0.6) is 0 Å². The predicted octanol–water partition coefficient (Wildman–Crippen LogP) is 2.72. The van der Waals surface area contributed by atoms with Gasteiger partial charge in [0, 0.05) is 11.9 Å². The number of hydrogen-bond acceptors (Lipinski definition) is 5. The van der Waals surface area contributed by atoms with Crippen LogP contribution < -0.4 is 10.6 Å². The van der Waals surface area contributed by atoms with Gasteiger partial charge in [-0.1, -0.05) is 11.6 Å². The second-order valence-electron chi connectivity index (χ2n) is 3.89. The van der Waals surface area contributed by atoms with Crippen LogP contribution in [0.1, 0.15) is 28.3 Å². The van der Waals surface area contributed by atoms with E-state index in [9.17, 15) is 4.79 Å². The lowest BCUT2D eigenvalue weighted by molar-refractivity contribution is 0.0934. The fourth-order valence-corrected chi connectivity index (χ4v) is 2.55. The highest BCUT2D eigenvalue weighted by molar-refractivity contribution is 7.16. The van der Waals surface area contributed by atoms with E-state index in [1.165, 1.54) is 11.3 Å². The summed E-state index contributed by atoms with van der Waals surface area (Å²) in [4.78, 5) is 13.0. The molecule has 5 nitrogen and oxygen atoms in total. The van der Waals surface area contributed by atoms with Crippen LogP contribution >= 0.6 is 22.9 Å². The van der Waals surface area contributed by atoms with Crippen LogP contribution in [0.4, 0.5) is 5.82 Å². The number of aromatic nitrogens is 2. The lowest BCUT2D eigenvalue weighted by Gasteiger charge is -2.11. The summed E-state index contributed by atoms with van der Waals surface area (Å²) in [6, 6.07) is 6.92. The molecular formula is C12H13ClN4OS. The Hall–Kier alpha value is -1.66. The molecule has 1 atom stereocenters. The van der Waals surface area contributed by atoms with Gasteiger partial charge in [-0.2, -0.15) is 0 Å². The molecule has 0 bridgehead atoms. The van der Waals surface area contributed by atoms with E-state index in [-0.39, 0.29) is 17.6 Å². The van der Waals surface area contributed by atoms with Crippen molar-refractivity contribution < 1.29 is 4.79 Å². The van der Waals surface area contributed by atoms with Crippen LogP contribution in [-0.2, 0) is 0 Å². The number of nitrogens with one attached hydrogen (secondary N) is 2. The average Bonchev–Trinajstić information content (AvgIpc) is 2.85. The summed E-state index contributed by atoms with van der Waals surface area (Å²) in [6.45, 7) is 1.90. The van der Waals surface area contributed by atoms with E-state index in [1.807, 2.05) is 19.1 Å². The predicted molar refractivity (Wildman–Crippen MR) is 76.8 cm³/mol. The van der Waals surface area contributed by atoms with E-state index in [0.717, 1.165) is 4.88 Å². The molecular weight excluding hydrogens is 284 g/mol. The number of carbonyl (C=O) groups excluding carboxylic acids is 1. The minimum absolute atomic E-state index is 0.115. The Labute approximate surface area is 120 Å². The van der Waals surface area contributed by atoms with E-state index < -0.39 is 0 Å². The lowest BCUT2D eigenvalue weighted by atomic mass is 10.2. The first-order valence-corrected chi connectivity index (χ1v) is 6.87. The topological polar surface area (TPSA) is 66.9 Å². The van der Waals surface area contributed by atoms with Crippen LogP contribution in [0.15, 0.2) is 24.3 Å². The molecule has 0 radical (unpaired) electrons. The molecule has 0 saturated carbocycles. The maximum Gasteiger partial charge on any atom is 0.272 e. The highest BCUT2D eigenvalue weighted by Gasteiger charge is 2.14. The van der Waals surface area contributed by atoms with Gasteiger partial charge in [-0.15, -0.1) is 21.5 Å². The fourth-order valence-electron chi connectivity index (χ4n) is 1.49. The number of thiophene rings is 1. The standard InChI is InChI=1S/C12H13ClN4OS/c1-7(9-4-5-10(13)19-9)15-12(18)8-3-6-11(14-2)17-16-8/h3-7H,1-2H3,(H,14,17)(H,15,18). The highest BCUT2D eigenvalue weighted by atomic mass is 35.5. The monoisotopic (exact) mass is 296 g/mol. The molecule has 1 unspecified atom stereocenters. The highest BCUT2D eigenvalue weighted by Crippen LogP contribution is 2.26. The molecule has 100 valence electrons. The summed E-state index contributed by atoms with van der Waals surface area (Å²) in [5.41, 5.74) is 0.286. The van der Waals surface area contributed by atoms with Crippen molar-refractivity contribution in [2.45, 2.75) is 13.0 Å². The van der Waals surface area contributed by atoms with E-state index in [2.05, 4.69) is 20.8 Å². The third-order valence-electron chi connectivity index (χ3n) is 2.52. The van der Waals surface area contributed by atoms with Crippen LogP contribution in [0.25, 0.3) is 0 Å². The summed E-state index contributed by atoms with van der Waals surface area (Å²) < 4.78 is 0.703. The molecule has 0 aliphatic heterocycles. The zero-order valence-electron chi connectivity index (χ0n) is 10.5. The molecule has 2 aromatic rings. The van der Waals surface area contributed by atoms with Crippen molar-refractivity contribution >= 4 is 34.7 Å². The first kappa shape index (κ1) is 13.8. The van der Waals surface area contributed by atoms with Crippen molar-refractivity contribution in [3.05, 3.63) is 39.2 Å². The van der Waals surface area contributed by atoms with E-state index in [0.29, 0.717) is 10.2 Å². The van der Waals surface area contributed by atoms with Crippen molar-refractivity contribution in [2.75, 3.05) is 12.4 Å². The van der Waals surface area contributed by atoms with E-state index in [1.54, 1.807) is 19.2 Å². The number of anilines is 1. The molecule has 7 heteroatoms. The SMILES string of the molecule is CNc1ccc(C(=O)NC(C)c2ccc(Cl)s2)nn1. The number of rotatable bonds is 4. The Bertz CT molecular complexity index is 569. The second-order valence-corrected chi connectivity index (χ2v) is 5.64. The molecule has 2 heterocycles. The summed E-state index contributed by atoms with van der Waals surface area (Å²) in [5.74, 6) is 0.363. The van der Waals surface area contributed by atoms with Gasteiger partial charge in [0.2, 0.25) is 0 Å². The zero-order chi connectivity index (χ0) is 13.8. The van der Waals surface area contributed by atoms with Gasteiger partial charge in [-0.25, -0.2) is 0 Å². The van der Waals surface area contributed by atoms with Gasteiger partial charge in [0.05, 0.1) is 10.4 Å². The number of hydrogen-bond donors (Lipinski definition) is 2. The van der Waals surface area contributed by atoms with Gasteiger partial charge in [-0.05, 0) is 31.2 Å². The molecule has 2 N–H and O–H groups in total. The van der Waals surface area contributed by atoms with Crippen LogP contribution in [0, 0.1) is 0 Å². The molecule has 0 fully saturated rings. The van der Waals surface area contributed by atoms with Gasteiger partial charge in [0.15, 0.2) is 5.69 Å². The van der Waals surface area contributed by atoms with Gasteiger partial charge >= 0.3 is 0 Å². The number of halogens is 1. The molecule has 0 aliphatic rings. The van der Waals surface area contributed by atoms with E-state index in [4.69, 9.17) is 11.6 Å². The minimum atomic E-state index is -0.257.